The molecule has 0 N–H and O–H groups in total. The van der Waals surface area contributed by atoms with Crippen molar-refractivity contribution < 1.29 is 14.3 Å². The molecule has 2 aromatic heterocycles. The van der Waals surface area contributed by atoms with Crippen molar-refractivity contribution >= 4 is 39.7 Å². The molecule has 2 aliphatic rings. The van der Waals surface area contributed by atoms with E-state index in [1.54, 1.807) is 13.2 Å². The first-order chi connectivity index (χ1) is 17.7. The number of ether oxygens (including phenoxy) is 2. The number of hydrogen-bond acceptors (Lipinski definition) is 5. The molecule has 1 aliphatic heterocycles. The van der Waals surface area contributed by atoms with Gasteiger partial charge < -0.3 is 18.6 Å². The van der Waals surface area contributed by atoms with Crippen LogP contribution in [0.4, 0.5) is 0 Å². The van der Waals surface area contributed by atoms with E-state index in [-0.39, 0.29) is 0 Å². The van der Waals surface area contributed by atoms with Crippen LogP contribution in [0.25, 0.3) is 33.5 Å². The number of esters is 1. The molecule has 0 saturated heterocycles. The van der Waals surface area contributed by atoms with Gasteiger partial charge in [0.2, 0.25) is 0 Å². The highest BCUT2D eigenvalue weighted by Crippen LogP contribution is 2.38. The largest absolute Gasteiger partial charge is 0.494 e. The molecule has 184 valence electrons. The Labute approximate surface area is 214 Å². The van der Waals surface area contributed by atoms with Gasteiger partial charge in [0, 0.05) is 29.7 Å². The average Bonchev–Trinajstić information content (AvgIpc) is 3.56. The number of nitrogens with zero attached hydrogens (tertiary/aromatic N) is 3. The van der Waals surface area contributed by atoms with E-state index < -0.39 is 5.97 Å². The molecule has 2 aromatic carbocycles. The molecule has 7 heteroatoms. The Morgan fingerprint density at radius 2 is 2.00 bits per heavy atom. The van der Waals surface area contributed by atoms with Crippen molar-refractivity contribution in [3.05, 3.63) is 71.2 Å². The number of imidazole rings is 1. The summed E-state index contributed by atoms with van der Waals surface area (Å²) in [6.45, 7) is 1.74. The van der Waals surface area contributed by atoms with Crippen LogP contribution in [-0.2, 0) is 17.8 Å². The minimum atomic E-state index is -0.399. The maximum atomic E-state index is 12.4. The van der Waals surface area contributed by atoms with E-state index >= 15 is 0 Å². The van der Waals surface area contributed by atoms with E-state index in [1.807, 2.05) is 17.8 Å². The summed E-state index contributed by atoms with van der Waals surface area (Å²) in [4.78, 5) is 17.5. The molecule has 0 radical (unpaired) electrons. The number of allylic oxidation sites excluding steroid dienone is 2. The summed E-state index contributed by atoms with van der Waals surface area (Å²) in [6.07, 6.45) is 7.93. The van der Waals surface area contributed by atoms with Gasteiger partial charge in [-0.1, -0.05) is 30.4 Å². The number of thioether (sulfide) groups is 1. The molecular weight excluding hydrogens is 470 g/mol. The van der Waals surface area contributed by atoms with Crippen molar-refractivity contribution in [1.82, 2.24) is 14.1 Å². The Kier molecular flexibility index (Phi) is 6.09. The van der Waals surface area contributed by atoms with Crippen LogP contribution < -0.4 is 4.74 Å². The summed E-state index contributed by atoms with van der Waals surface area (Å²) in [5.41, 5.74) is 5.73. The molecule has 0 atom stereocenters. The number of carbonyl (C=O) groups is 1. The topological polar surface area (TPSA) is 58.3 Å². The number of aryl methyl sites for hydroxylation is 1. The van der Waals surface area contributed by atoms with Gasteiger partial charge in [-0.3, -0.25) is 0 Å². The maximum Gasteiger partial charge on any atom is 0.338 e. The number of aromatic nitrogens is 3. The van der Waals surface area contributed by atoms with Gasteiger partial charge in [-0.05, 0) is 60.4 Å². The third-order valence-electron chi connectivity index (χ3n) is 7.07. The van der Waals surface area contributed by atoms with Crippen LogP contribution in [0.1, 0.15) is 29.6 Å². The zero-order valence-electron chi connectivity index (χ0n) is 20.6. The van der Waals surface area contributed by atoms with E-state index in [1.165, 1.54) is 36.4 Å². The fraction of sp³-hybridized carbons (Fsp3) is 0.310. The predicted molar refractivity (Wildman–Crippen MR) is 146 cm³/mol. The Morgan fingerprint density at radius 1 is 1.14 bits per heavy atom. The van der Waals surface area contributed by atoms with Crippen LogP contribution in [0, 0.1) is 5.92 Å². The van der Waals surface area contributed by atoms with Gasteiger partial charge in [0.25, 0.3) is 0 Å². The van der Waals surface area contributed by atoms with E-state index in [9.17, 15) is 4.79 Å². The first-order valence-electron chi connectivity index (χ1n) is 12.4. The van der Waals surface area contributed by atoms with Crippen LogP contribution >= 0.6 is 11.8 Å². The number of methoxy groups -OCH3 is 2. The molecule has 6 nitrogen and oxygen atoms in total. The van der Waals surface area contributed by atoms with Crippen LogP contribution in [0.3, 0.4) is 0 Å². The molecule has 0 spiro atoms. The first-order valence-corrected chi connectivity index (χ1v) is 13.4. The second kappa shape index (κ2) is 9.54. The lowest BCUT2D eigenvalue weighted by atomic mass is 10.1. The fourth-order valence-corrected chi connectivity index (χ4v) is 5.72. The van der Waals surface area contributed by atoms with Crippen molar-refractivity contribution in [2.75, 3.05) is 20.0 Å². The van der Waals surface area contributed by atoms with Gasteiger partial charge in [0.15, 0.2) is 5.82 Å². The Bertz CT molecular complexity index is 1520. The molecule has 1 fully saturated rings. The summed E-state index contributed by atoms with van der Waals surface area (Å²) >= 11 is 1.81. The summed E-state index contributed by atoms with van der Waals surface area (Å²) in [7, 11) is 3.03. The van der Waals surface area contributed by atoms with Gasteiger partial charge >= 0.3 is 5.97 Å². The van der Waals surface area contributed by atoms with Gasteiger partial charge in [-0.15, -0.1) is 11.8 Å². The summed E-state index contributed by atoms with van der Waals surface area (Å²) in [5.74, 6) is 2.85. The van der Waals surface area contributed by atoms with Crippen molar-refractivity contribution in [2.24, 2.45) is 5.92 Å². The number of carbonyl (C=O) groups excluding carboxylic acids is 1. The van der Waals surface area contributed by atoms with Crippen LogP contribution in [0.5, 0.6) is 5.75 Å². The van der Waals surface area contributed by atoms with E-state index in [0.717, 1.165) is 47.8 Å². The number of para-hydroxylation sites is 1. The van der Waals surface area contributed by atoms with Gasteiger partial charge in [-0.2, -0.15) is 0 Å². The molecule has 1 saturated carbocycles. The molecule has 3 heterocycles. The van der Waals surface area contributed by atoms with Crippen molar-refractivity contribution in [1.29, 1.82) is 0 Å². The monoisotopic (exact) mass is 499 g/mol. The molecule has 6 rings (SSSR count). The third kappa shape index (κ3) is 4.22. The smallest absolute Gasteiger partial charge is 0.338 e. The predicted octanol–water partition coefficient (Wildman–Crippen LogP) is 6.44. The van der Waals surface area contributed by atoms with Gasteiger partial charge in [0.05, 0.1) is 31.0 Å². The lowest BCUT2D eigenvalue weighted by molar-refractivity contribution is 0.0600. The Hall–Kier alpha value is -3.45. The number of rotatable bonds is 8. The minimum absolute atomic E-state index is 0.399. The van der Waals surface area contributed by atoms with E-state index in [0.29, 0.717) is 17.2 Å². The van der Waals surface area contributed by atoms with Crippen LogP contribution in [-0.4, -0.2) is 40.1 Å². The Balaban J connectivity index is 1.56. The molecule has 36 heavy (non-hydrogen) atoms. The van der Waals surface area contributed by atoms with E-state index in [2.05, 4.69) is 57.0 Å². The zero-order chi connectivity index (χ0) is 24.6. The maximum absolute atomic E-state index is 12.4. The fourth-order valence-electron chi connectivity index (χ4n) is 5.03. The van der Waals surface area contributed by atoms with E-state index in [4.69, 9.17) is 14.5 Å². The van der Waals surface area contributed by atoms with Crippen molar-refractivity contribution in [3.8, 4) is 17.3 Å². The van der Waals surface area contributed by atoms with Crippen LogP contribution in [0.2, 0.25) is 0 Å². The average molecular weight is 500 g/mol. The second-order valence-corrected chi connectivity index (χ2v) is 10.4. The van der Waals surface area contributed by atoms with Gasteiger partial charge in [-0.25, -0.2) is 9.78 Å². The highest BCUT2D eigenvalue weighted by molar-refractivity contribution is 8.02. The zero-order valence-corrected chi connectivity index (χ0v) is 21.4. The lowest BCUT2D eigenvalue weighted by Crippen LogP contribution is -2.08. The number of benzene rings is 2. The number of fused-ring (bicyclic) bond motifs is 2. The second-order valence-electron chi connectivity index (χ2n) is 9.43. The van der Waals surface area contributed by atoms with Gasteiger partial charge in [0.1, 0.15) is 11.3 Å². The molecular formula is C29H29N3O3S. The van der Waals surface area contributed by atoms with Crippen molar-refractivity contribution in [3.63, 3.8) is 0 Å². The molecule has 0 bridgehead atoms. The van der Waals surface area contributed by atoms with Crippen LogP contribution in [0.15, 0.2) is 65.6 Å². The highest BCUT2D eigenvalue weighted by Gasteiger charge is 2.27. The first kappa shape index (κ1) is 23.0. The molecule has 4 aromatic rings. The SMILES string of the molecule is COC(=O)c1cc(OC)c2c(c1)nc(-c1cc3ccccc3n1CC1CC1)n2CCC1=CCSC=C1. The Morgan fingerprint density at radius 3 is 2.75 bits per heavy atom. The molecule has 1 aliphatic carbocycles. The normalized spacial score (nSPS) is 15.4. The summed E-state index contributed by atoms with van der Waals surface area (Å²) in [6, 6.07) is 14.4. The molecule has 0 amide bonds. The highest BCUT2D eigenvalue weighted by atomic mass is 32.2. The summed E-state index contributed by atoms with van der Waals surface area (Å²) < 4.78 is 15.5. The quantitative estimate of drug-likeness (QED) is 0.261. The lowest BCUT2D eigenvalue weighted by Gasteiger charge is -2.15. The molecule has 0 unspecified atom stereocenters. The third-order valence-corrected chi connectivity index (χ3v) is 7.76. The standard InChI is InChI=1S/C29H29N3O3S/c1-34-26-17-22(29(33)35-2)15-23-27(26)31(12-9-19-10-13-36-14-11-19)28(30-23)25-16-21-5-3-4-6-24(21)32(25)18-20-7-8-20/h3-6,10-11,13,15-17,20H,7-9,12,14,18H2,1-2H3. The number of hydrogen-bond donors (Lipinski definition) is 0. The summed E-state index contributed by atoms with van der Waals surface area (Å²) in [5, 5.41) is 3.38. The minimum Gasteiger partial charge on any atom is -0.494 e. The van der Waals surface area contributed by atoms with Crippen molar-refractivity contribution in [2.45, 2.75) is 32.4 Å².